The number of hydrogen-bond acceptors (Lipinski definition) is 4. The monoisotopic (exact) mass is 313 g/mol. The van der Waals surface area contributed by atoms with Crippen LogP contribution in [0, 0.1) is 0 Å². The normalized spacial score (nSPS) is 11.3. The third-order valence-corrected chi connectivity index (χ3v) is 3.14. The van der Waals surface area contributed by atoms with Crippen molar-refractivity contribution in [1.82, 2.24) is 5.32 Å². The minimum Gasteiger partial charge on any atom is -0.482 e. The zero-order chi connectivity index (χ0) is 16.5. The maximum absolute atomic E-state index is 11.8. The van der Waals surface area contributed by atoms with Crippen LogP contribution >= 0.6 is 0 Å². The first-order valence-corrected chi connectivity index (χ1v) is 7.33. The van der Waals surface area contributed by atoms with Crippen molar-refractivity contribution in [3.05, 3.63) is 66.2 Å². The molecule has 2 aromatic rings. The Bertz CT molecular complexity index is 628. The summed E-state index contributed by atoms with van der Waals surface area (Å²) in [5.74, 6) is -0.364. The minimum absolute atomic E-state index is 0.150. The van der Waals surface area contributed by atoms with E-state index >= 15 is 0 Å². The topological polar surface area (TPSA) is 64.6 Å². The van der Waals surface area contributed by atoms with E-state index in [4.69, 9.17) is 9.47 Å². The van der Waals surface area contributed by atoms with Gasteiger partial charge in [0.25, 0.3) is 5.91 Å². The Morgan fingerprint density at radius 3 is 2.22 bits per heavy atom. The third kappa shape index (κ3) is 5.82. The molecule has 0 aliphatic rings. The second kappa shape index (κ2) is 8.58. The van der Waals surface area contributed by atoms with Crippen molar-refractivity contribution in [2.24, 2.45) is 0 Å². The summed E-state index contributed by atoms with van der Waals surface area (Å²) in [6.07, 6.45) is 0. The number of esters is 1. The summed E-state index contributed by atoms with van der Waals surface area (Å²) in [5, 5.41) is 2.77. The highest BCUT2D eigenvalue weighted by Gasteiger charge is 2.12. The van der Waals surface area contributed by atoms with Crippen LogP contribution in [0.5, 0.6) is 5.75 Å². The average Bonchev–Trinajstić information content (AvgIpc) is 2.60. The zero-order valence-electron chi connectivity index (χ0n) is 12.9. The molecule has 0 heterocycles. The molecule has 0 bridgehead atoms. The van der Waals surface area contributed by atoms with Gasteiger partial charge in [0.2, 0.25) is 0 Å². The first-order chi connectivity index (χ1) is 11.1. The van der Waals surface area contributed by atoms with Gasteiger partial charge in [0.05, 0.1) is 6.04 Å². The van der Waals surface area contributed by atoms with Crippen molar-refractivity contribution in [3.63, 3.8) is 0 Å². The van der Waals surface area contributed by atoms with Crippen molar-refractivity contribution < 1.29 is 19.1 Å². The maximum atomic E-state index is 11.8. The van der Waals surface area contributed by atoms with Gasteiger partial charge in [-0.15, -0.1) is 0 Å². The highest BCUT2D eigenvalue weighted by atomic mass is 16.6. The number of amides is 1. The van der Waals surface area contributed by atoms with Crippen molar-refractivity contribution in [2.45, 2.75) is 13.0 Å². The molecular weight excluding hydrogens is 294 g/mol. The van der Waals surface area contributed by atoms with E-state index in [-0.39, 0.29) is 25.2 Å². The lowest BCUT2D eigenvalue weighted by Crippen LogP contribution is -2.31. The molecule has 1 N–H and O–H groups in total. The lowest BCUT2D eigenvalue weighted by Gasteiger charge is -2.14. The van der Waals surface area contributed by atoms with Gasteiger partial charge >= 0.3 is 5.97 Å². The molecule has 0 aromatic heterocycles. The van der Waals surface area contributed by atoms with E-state index in [0.29, 0.717) is 5.75 Å². The molecule has 0 radical (unpaired) electrons. The fourth-order valence-electron chi connectivity index (χ4n) is 1.95. The van der Waals surface area contributed by atoms with E-state index in [2.05, 4.69) is 5.32 Å². The first-order valence-electron chi connectivity index (χ1n) is 7.33. The van der Waals surface area contributed by atoms with Crippen LogP contribution in [-0.4, -0.2) is 25.1 Å². The van der Waals surface area contributed by atoms with Crippen molar-refractivity contribution in [1.29, 1.82) is 0 Å². The Hall–Kier alpha value is -2.82. The van der Waals surface area contributed by atoms with E-state index in [9.17, 15) is 9.59 Å². The van der Waals surface area contributed by atoms with Gasteiger partial charge in [-0.3, -0.25) is 4.79 Å². The van der Waals surface area contributed by atoms with Crippen LogP contribution in [0.15, 0.2) is 60.7 Å². The van der Waals surface area contributed by atoms with Crippen molar-refractivity contribution in [3.8, 4) is 5.75 Å². The summed E-state index contributed by atoms with van der Waals surface area (Å²) in [6.45, 7) is 1.31. The Morgan fingerprint density at radius 1 is 0.957 bits per heavy atom. The number of hydrogen-bond donors (Lipinski definition) is 1. The van der Waals surface area contributed by atoms with Crippen LogP contribution in [0.4, 0.5) is 0 Å². The summed E-state index contributed by atoms with van der Waals surface area (Å²) in [6, 6.07) is 18.3. The van der Waals surface area contributed by atoms with Crippen molar-refractivity contribution in [2.75, 3.05) is 13.2 Å². The summed E-state index contributed by atoms with van der Waals surface area (Å²) >= 11 is 0. The Labute approximate surface area is 135 Å². The molecule has 0 saturated heterocycles. The molecule has 2 rings (SSSR count). The Morgan fingerprint density at radius 2 is 1.57 bits per heavy atom. The summed E-state index contributed by atoms with van der Waals surface area (Å²) in [5.41, 5.74) is 0.986. The van der Waals surface area contributed by atoms with Crippen LogP contribution in [0.3, 0.4) is 0 Å². The summed E-state index contributed by atoms with van der Waals surface area (Å²) < 4.78 is 10.1. The third-order valence-electron chi connectivity index (χ3n) is 3.14. The van der Waals surface area contributed by atoms with E-state index in [0.717, 1.165) is 5.56 Å². The van der Waals surface area contributed by atoms with Crippen LogP contribution in [0.25, 0.3) is 0 Å². The molecule has 120 valence electrons. The Kier molecular flexibility index (Phi) is 6.17. The van der Waals surface area contributed by atoms with Gasteiger partial charge in [0, 0.05) is 0 Å². The predicted molar refractivity (Wildman–Crippen MR) is 85.9 cm³/mol. The van der Waals surface area contributed by atoms with Gasteiger partial charge in [0.15, 0.2) is 13.2 Å². The molecule has 0 fully saturated rings. The van der Waals surface area contributed by atoms with Crippen LogP contribution < -0.4 is 10.1 Å². The SMILES string of the molecule is C[C@@H](NC(=O)COC(=O)COc1ccccc1)c1ccccc1. The number of carbonyl (C=O) groups is 2. The smallest absolute Gasteiger partial charge is 0.344 e. The molecule has 0 unspecified atom stereocenters. The number of para-hydroxylation sites is 1. The second-order valence-electron chi connectivity index (χ2n) is 4.96. The molecular formula is C18H19NO4. The quantitative estimate of drug-likeness (QED) is 0.798. The fraction of sp³-hybridized carbons (Fsp3) is 0.222. The number of rotatable bonds is 7. The first kappa shape index (κ1) is 16.5. The molecule has 2 aromatic carbocycles. The van der Waals surface area contributed by atoms with Gasteiger partial charge in [-0.05, 0) is 24.6 Å². The van der Waals surface area contributed by atoms with Gasteiger partial charge in [-0.2, -0.15) is 0 Å². The standard InChI is InChI=1S/C18H19NO4/c1-14(15-8-4-2-5-9-15)19-17(20)12-23-18(21)13-22-16-10-6-3-7-11-16/h2-11,14H,12-13H2,1H3,(H,19,20)/t14-/m1/s1. The highest BCUT2D eigenvalue weighted by molar-refractivity contribution is 5.81. The van der Waals surface area contributed by atoms with Crippen LogP contribution in [0.1, 0.15) is 18.5 Å². The molecule has 0 aliphatic heterocycles. The van der Waals surface area contributed by atoms with Crippen molar-refractivity contribution >= 4 is 11.9 Å². The van der Waals surface area contributed by atoms with E-state index in [1.807, 2.05) is 43.3 Å². The number of nitrogens with one attached hydrogen (secondary N) is 1. The molecule has 5 nitrogen and oxygen atoms in total. The van der Waals surface area contributed by atoms with Gasteiger partial charge in [-0.1, -0.05) is 48.5 Å². The highest BCUT2D eigenvalue weighted by Crippen LogP contribution is 2.11. The number of benzene rings is 2. The van der Waals surface area contributed by atoms with Gasteiger partial charge in [-0.25, -0.2) is 4.79 Å². The van der Waals surface area contributed by atoms with E-state index < -0.39 is 5.97 Å². The van der Waals surface area contributed by atoms with Gasteiger partial charge in [0.1, 0.15) is 5.75 Å². The Balaban J connectivity index is 1.68. The summed E-state index contributed by atoms with van der Waals surface area (Å²) in [7, 11) is 0. The molecule has 23 heavy (non-hydrogen) atoms. The van der Waals surface area contributed by atoms with Gasteiger partial charge < -0.3 is 14.8 Å². The van der Waals surface area contributed by atoms with E-state index in [1.54, 1.807) is 24.3 Å². The fourth-order valence-corrected chi connectivity index (χ4v) is 1.95. The second-order valence-corrected chi connectivity index (χ2v) is 4.96. The molecule has 0 aliphatic carbocycles. The average molecular weight is 313 g/mol. The minimum atomic E-state index is -0.587. The zero-order valence-corrected chi connectivity index (χ0v) is 12.9. The number of ether oxygens (including phenoxy) is 2. The predicted octanol–water partition coefficient (Wildman–Crippen LogP) is 2.49. The van der Waals surface area contributed by atoms with E-state index in [1.165, 1.54) is 0 Å². The molecule has 1 atom stereocenters. The largest absolute Gasteiger partial charge is 0.482 e. The maximum Gasteiger partial charge on any atom is 0.344 e. The lowest BCUT2D eigenvalue weighted by molar-refractivity contribution is -0.150. The molecule has 0 spiro atoms. The number of carbonyl (C=O) groups excluding carboxylic acids is 2. The molecule has 1 amide bonds. The van der Waals surface area contributed by atoms with Crippen LogP contribution in [-0.2, 0) is 14.3 Å². The summed E-state index contributed by atoms with van der Waals surface area (Å²) in [4.78, 5) is 23.3. The lowest BCUT2D eigenvalue weighted by atomic mass is 10.1. The molecule has 0 saturated carbocycles. The van der Waals surface area contributed by atoms with Crippen LogP contribution in [0.2, 0.25) is 0 Å². The molecule has 5 heteroatoms.